The van der Waals surface area contributed by atoms with Crippen molar-refractivity contribution < 1.29 is 12.8 Å². The van der Waals surface area contributed by atoms with E-state index >= 15 is 0 Å². The molecule has 194 valence electrons. The van der Waals surface area contributed by atoms with E-state index in [-0.39, 0.29) is 16.5 Å². The number of allylic oxidation sites excluding steroid dienone is 1. The Morgan fingerprint density at radius 1 is 0.865 bits per heavy atom. The minimum atomic E-state index is -3.85. The van der Waals surface area contributed by atoms with Gasteiger partial charge < -0.3 is 4.43 Å². The minimum Gasteiger partial charge on any atom is -0.538 e. The van der Waals surface area contributed by atoms with Gasteiger partial charge in [-0.25, -0.2) is 8.42 Å². The topological polar surface area (TPSA) is 46.6 Å². The molecule has 0 saturated carbocycles. The highest BCUT2D eigenvalue weighted by Crippen LogP contribution is 2.37. The van der Waals surface area contributed by atoms with Gasteiger partial charge in [-0.15, -0.1) is 13.2 Å². The number of rotatable bonds is 11. The molecule has 0 saturated heterocycles. The summed E-state index contributed by atoms with van der Waals surface area (Å²) in [5, 5.41) is 1.96. The summed E-state index contributed by atoms with van der Waals surface area (Å²) in [5.74, 6) is 0. The van der Waals surface area contributed by atoms with Crippen molar-refractivity contribution in [1.82, 2.24) is 4.31 Å². The molecule has 0 N–H and O–H groups in total. The van der Waals surface area contributed by atoms with Gasteiger partial charge in [0.15, 0.2) is 0 Å². The van der Waals surface area contributed by atoms with Gasteiger partial charge >= 0.3 is 8.32 Å². The maximum atomic E-state index is 13.8. The van der Waals surface area contributed by atoms with E-state index in [0.29, 0.717) is 12.1 Å². The molecule has 3 rings (SSSR count). The van der Waals surface area contributed by atoms with Crippen molar-refractivity contribution in [2.45, 2.75) is 44.0 Å². The fourth-order valence-electron chi connectivity index (χ4n) is 4.53. The summed E-state index contributed by atoms with van der Waals surface area (Å²) in [4.78, 5) is 0.223. The van der Waals surface area contributed by atoms with Crippen molar-refractivity contribution in [3.63, 3.8) is 0 Å². The summed E-state index contributed by atoms with van der Waals surface area (Å²) in [6.07, 6.45) is 5.25. The van der Waals surface area contributed by atoms with E-state index < -0.39 is 18.3 Å². The van der Waals surface area contributed by atoms with Crippen molar-refractivity contribution in [3.05, 3.63) is 128 Å². The van der Waals surface area contributed by atoms with Crippen molar-refractivity contribution in [1.29, 1.82) is 0 Å². The zero-order valence-corrected chi connectivity index (χ0v) is 24.0. The molecule has 4 nitrogen and oxygen atoms in total. The highest BCUT2D eigenvalue weighted by atomic mass is 32.2. The zero-order valence-electron chi connectivity index (χ0n) is 22.2. The van der Waals surface area contributed by atoms with Crippen LogP contribution in [0.1, 0.15) is 32.8 Å². The summed E-state index contributed by atoms with van der Waals surface area (Å²) < 4.78 is 35.9. The van der Waals surface area contributed by atoms with E-state index in [0.717, 1.165) is 15.9 Å². The molecule has 0 aliphatic carbocycles. The van der Waals surface area contributed by atoms with Crippen LogP contribution in [0.3, 0.4) is 0 Å². The van der Waals surface area contributed by atoms with Crippen LogP contribution in [-0.4, -0.2) is 27.6 Å². The van der Waals surface area contributed by atoms with Gasteiger partial charge in [-0.2, -0.15) is 0 Å². The van der Waals surface area contributed by atoms with Gasteiger partial charge in [0.25, 0.3) is 10.0 Å². The maximum Gasteiger partial charge on any atom is 0.319 e. The number of hydrogen-bond acceptors (Lipinski definition) is 3. The monoisotopic (exact) mass is 531 g/mol. The van der Waals surface area contributed by atoms with Gasteiger partial charge in [0.05, 0.1) is 23.4 Å². The third-order valence-electron chi connectivity index (χ3n) is 6.37. The van der Waals surface area contributed by atoms with Gasteiger partial charge in [-0.05, 0) is 34.5 Å². The normalized spacial score (nSPS) is 12.6. The molecule has 3 aromatic rings. The first kappa shape index (κ1) is 28.2. The van der Waals surface area contributed by atoms with Gasteiger partial charge in [0.2, 0.25) is 0 Å². The predicted octanol–water partition coefficient (Wildman–Crippen LogP) is 6.17. The molecule has 0 atom stereocenters. The standard InChI is InChI=1S/C31H37NO3SSi/c1-7-15-27(32(24-8-2)36(33,34)28-22-20-26(3)21-23-28)25-35-37(31(4,5)6,29-16-11-9-12-17-29)30-18-13-10-14-19-30/h7-14,16-23,25H,1-2,15,24H2,3-6H3/b27-25+. The number of aryl methyl sites for hydroxylation is 1. The summed E-state index contributed by atoms with van der Waals surface area (Å²) >= 11 is 0. The molecule has 0 aromatic heterocycles. The Morgan fingerprint density at radius 2 is 1.38 bits per heavy atom. The van der Waals surface area contributed by atoms with Crippen LogP contribution in [0, 0.1) is 6.92 Å². The van der Waals surface area contributed by atoms with E-state index in [4.69, 9.17) is 4.43 Å². The number of hydrogen-bond donors (Lipinski definition) is 0. The Kier molecular flexibility index (Phi) is 9.00. The third-order valence-corrected chi connectivity index (χ3v) is 13.1. The molecule has 0 aliphatic heterocycles. The van der Waals surface area contributed by atoms with Crippen LogP contribution in [-0.2, 0) is 14.4 Å². The fourth-order valence-corrected chi connectivity index (χ4v) is 10.3. The molecule has 0 spiro atoms. The van der Waals surface area contributed by atoms with Crippen molar-refractivity contribution in [3.8, 4) is 0 Å². The Morgan fingerprint density at radius 3 is 1.81 bits per heavy atom. The van der Waals surface area contributed by atoms with Crippen molar-refractivity contribution >= 4 is 28.7 Å². The number of benzene rings is 3. The van der Waals surface area contributed by atoms with Crippen LogP contribution in [0.2, 0.25) is 5.04 Å². The smallest absolute Gasteiger partial charge is 0.319 e. The van der Waals surface area contributed by atoms with Crippen molar-refractivity contribution in [2.75, 3.05) is 6.54 Å². The minimum absolute atomic E-state index is 0.111. The van der Waals surface area contributed by atoms with E-state index in [1.54, 1.807) is 42.7 Å². The second kappa shape index (κ2) is 11.8. The average molecular weight is 532 g/mol. The lowest BCUT2D eigenvalue weighted by molar-refractivity contribution is 0.415. The zero-order chi connectivity index (χ0) is 27.1. The average Bonchev–Trinajstić information content (AvgIpc) is 2.88. The predicted molar refractivity (Wildman–Crippen MR) is 157 cm³/mol. The Labute approximate surface area is 223 Å². The van der Waals surface area contributed by atoms with Crippen LogP contribution in [0.25, 0.3) is 0 Å². The lowest BCUT2D eigenvalue weighted by Gasteiger charge is -2.42. The molecule has 0 aliphatic rings. The Balaban J connectivity index is 2.21. The van der Waals surface area contributed by atoms with Crippen molar-refractivity contribution in [2.24, 2.45) is 0 Å². The van der Waals surface area contributed by atoms with Gasteiger partial charge in [0, 0.05) is 6.42 Å². The molecule has 0 heterocycles. The summed E-state index contributed by atoms with van der Waals surface area (Å²) in [6, 6.07) is 27.4. The first-order valence-electron chi connectivity index (χ1n) is 12.4. The molecule has 0 radical (unpaired) electrons. The number of sulfonamides is 1. The first-order chi connectivity index (χ1) is 17.6. The molecule has 6 heteroatoms. The van der Waals surface area contributed by atoms with E-state index in [1.807, 2.05) is 43.3 Å². The Bertz CT molecular complexity index is 1290. The maximum absolute atomic E-state index is 13.8. The molecule has 0 unspecified atom stereocenters. The van der Waals surface area contributed by atoms with E-state index in [2.05, 4.69) is 58.2 Å². The third kappa shape index (κ3) is 5.97. The second-order valence-electron chi connectivity index (χ2n) is 10.0. The summed E-state index contributed by atoms with van der Waals surface area (Å²) in [6.45, 7) is 16.3. The Hall–Kier alpha value is -3.35. The molecular weight excluding hydrogens is 494 g/mol. The summed E-state index contributed by atoms with van der Waals surface area (Å²) in [7, 11) is -6.77. The molecular formula is C31H37NO3SSi. The number of nitrogens with zero attached hydrogens (tertiary/aromatic N) is 1. The lowest BCUT2D eigenvalue weighted by Crippen LogP contribution is -2.65. The lowest BCUT2D eigenvalue weighted by atomic mass is 10.2. The quantitative estimate of drug-likeness (QED) is 0.169. The first-order valence-corrected chi connectivity index (χ1v) is 15.7. The largest absolute Gasteiger partial charge is 0.538 e. The summed E-state index contributed by atoms with van der Waals surface area (Å²) in [5.41, 5.74) is 1.49. The van der Waals surface area contributed by atoms with E-state index in [9.17, 15) is 8.42 Å². The van der Waals surface area contributed by atoms with Gasteiger partial charge in [0.1, 0.15) is 0 Å². The van der Waals surface area contributed by atoms with Crippen LogP contribution < -0.4 is 10.4 Å². The molecule has 0 bridgehead atoms. The highest BCUT2D eigenvalue weighted by Gasteiger charge is 2.51. The van der Waals surface area contributed by atoms with Crippen LogP contribution in [0.15, 0.2) is 127 Å². The van der Waals surface area contributed by atoms with Crippen LogP contribution in [0.5, 0.6) is 0 Å². The molecule has 3 aromatic carbocycles. The fraction of sp³-hybridized carbons (Fsp3) is 0.226. The SMILES string of the molecule is C=CC/C(=C\O[Si](c1ccccc1)(c1ccccc1)C(C)(C)C)N(CC=C)S(=O)(=O)c1ccc(C)cc1. The highest BCUT2D eigenvalue weighted by molar-refractivity contribution is 7.89. The molecule has 37 heavy (non-hydrogen) atoms. The van der Waals surface area contributed by atoms with Crippen LogP contribution in [0.4, 0.5) is 0 Å². The molecule has 0 fully saturated rings. The van der Waals surface area contributed by atoms with Gasteiger partial charge in [-0.3, -0.25) is 4.31 Å². The molecule has 0 amide bonds. The van der Waals surface area contributed by atoms with Gasteiger partial charge in [-0.1, -0.05) is 111 Å². The van der Waals surface area contributed by atoms with E-state index in [1.165, 1.54) is 4.31 Å². The van der Waals surface area contributed by atoms with Crippen LogP contribution >= 0.6 is 0 Å². The second-order valence-corrected chi connectivity index (χ2v) is 16.1.